The van der Waals surface area contributed by atoms with Crippen molar-refractivity contribution in [3.63, 3.8) is 0 Å². The smallest absolute Gasteiger partial charge is 0.230 e. The maximum atomic E-state index is 6.14. The van der Waals surface area contributed by atoms with Gasteiger partial charge in [0.1, 0.15) is 0 Å². The van der Waals surface area contributed by atoms with E-state index in [0.717, 1.165) is 24.9 Å². The number of hydrogen-bond acceptors (Lipinski definition) is 4. The van der Waals surface area contributed by atoms with E-state index in [1.54, 1.807) is 6.07 Å². The molecule has 4 nitrogen and oxygen atoms in total. The quantitative estimate of drug-likeness (QED) is 0.779. The van der Waals surface area contributed by atoms with Crippen molar-refractivity contribution in [1.29, 1.82) is 0 Å². The fourth-order valence-corrected chi connectivity index (χ4v) is 2.68. The minimum atomic E-state index is 0.0811. The second-order valence-corrected chi connectivity index (χ2v) is 5.95. The van der Waals surface area contributed by atoms with Gasteiger partial charge in [-0.3, -0.25) is 0 Å². The lowest BCUT2D eigenvalue weighted by atomic mass is 10.1. The molecule has 0 unspecified atom stereocenters. The van der Waals surface area contributed by atoms with E-state index in [1.807, 2.05) is 24.1 Å². The normalized spacial score (nSPS) is 10.7. The molecule has 0 bridgehead atoms. The van der Waals surface area contributed by atoms with Gasteiger partial charge in [-0.1, -0.05) is 29.3 Å². The topological polar surface area (TPSA) is 41.9 Å². The highest BCUT2D eigenvalue weighted by Gasteiger charge is 2.09. The Labute approximate surface area is 143 Å². The molecule has 1 aromatic carbocycles. The summed E-state index contributed by atoms with van der Waals surface area (Å²) in [6.45, 7) is 0.732. The predicted octanol–water partition coefficient (Wildman–Crippen LogP) is 4.55. The molecule has 0 saturated heterocycles. The van der Waals surface area contributed by atoms with Crippen LogP contribution in [0.3, 0.4) is 0 Å². The maximum absolute atomic E-state index is 6.14. The summed E-state index contributed by atoms with van der Waals surface area (Å²) < 4.78 is 0. The van der Waals surface area contributed by atoms with Crippen LogP contribution in [0, 0.1) is 0 Å². The van der Waals surface area contributed by atoms with E-state index in [4.69, 9.17) is 46.4 Å². The summed E-state index contributed by atoms with van der Waals surface area (Å²) in [5.74, 6) is 0.446. The highest BCUT2D eigenvalue weighted by atomic mass is 35.5. The van der Waals surface area contributed by atoms with Gasteiger partial charge in [0.15, 0.2) is 0 Å². The van der Waals surface area contributed by atoms with Crippen molar-refractivity contribution in [2.45, 2.75) is 12.8 Å². The lowest BCUT2D eigenvalue weighted by Gasteiger charge is -2.17. The largest absolute Gasteiger partial charge is 0.344 e. The monoisotopic (exact) mass is 364 g/mol. The van der Waals surface area contributed by atoms with Crippen molar-refractivity contribution in [3.8, 4) is 0 Å². The second-order valence-electron chi connectivity index (χ2n) is 4.43. The molecule has 0 spiro atoms. The highest BCUT2D eigenvalue weighted by molar-refractivity contribution is 6.35. The van der Waals surface area contributed by atoms with E-state index >= 15 is 0 Å². The Balaban J connectivity index is 1.93. The summed E-state index contributed by atoms with van der Waals surface area (Å²) in [4.78, 5) is 13.6. The molecule has 0 aliphatic rings. The first-order valence-corrected chi connectivity index (χ1v) is 7.69. The molecule has 21 heavy (non-hydrogen) atoms. The first-order valence-electron chi connectivity index (χ1n) is 6.18. The van der Waals surface area contributed by atoms with Crippen LogP contribution in [0.5, 0.6) is 0 Å². The van der Waals surface area contributed by atoms with Crippen LogP contribution >= 0.6 is 46.4 Å². The number of benzene rings is 1. The number of hydrogen-bond donors (Lipinski definition) is 0. The van der Waals surface area contributed by atoms with Crippen LogP contribution in [0.25, 0.3) is 0 Å². The second kappa shape index (κ2) is 7.45. The Hall–Kier alpha value is -0.810. The molecule has 0 atom stereocenters. The zero-order chi connectivity index (χ0) is 15.4. The number of anilines is 1. The third kappa shape index (κ3) is 4.85. The lowest BCUT2D eigenvalue weighted by Crippen LogP contribution is -2.22. The molecule has 0 saturated carbocycles. The van der Waals surface area contributed by atoms with E-state index in [2.05, 4.69) is 15.0 Å². The van der Waals surface area contributed by atoms with Crippen molar-refractivity contribution in [1.82, 2.24) is 15.0 Å². The minimum absolute atomic E-state index is 0.0811. The van der Waals surface area contributed by atoms with Crippen LogP contribution < -0.4 is 4.90 Å². The van der Waals surface area contributed by atoms with Gasteiger partial charge in [0, 0.05) is 23.6 Å². The van der Waals surface area contributed by atoms with Crippen molar-refractivity contribution < 1.29 is 0 Å². The van der Waals surface area contributed by atoms with Crippen LogP contribution in [0.15, 0.2) is 18.2 Å². The van der Waals surface area contributed by atoms with Crippen LogP contribution in [-0.4, -0.2) is 28.5 Å². The molecule has 2 aromatic rings. The first-order chi connectivity index (χ1) is 9.95. The SMILES string of the molecule is CN(CCCc1ccc(Cl)cc1Cl)c1nc(Cl)nc(Cl)n1. The van der Waals surface area contributed by atoms with Crippen LogP contribution in [-0.2, 0) is 6.42 Å². The molecule has 2 rings (SSSR count). The number of aryl methyl sites for hydroxylation is 1. The van der Waals surface area contributed by atoms with Gasteiger partial charge in [0.05, 0.1) is 0 Å². The van der Waals surface area contributed by atoms with Crippen LogP contribution in [0.2, 0.25) is 20.6 Å². The summed E-state index contributed by atoms with van der Waals surface area (Å²) >= 11 is 23.5. The highest BCUT2D eigenvalue weighted by Crippen LogP contribution is 2.22. The van der Waals surface area contributed by atoms with Crippen molar-refractivity contribution in [2.75, 3.05) is 18.5 Å². The van der Waals surface area contributed by atoms with E-state index in [9.17, 15) is 0 Å². The summed E-state index contributed by atoms with van der Waals surface area (Å²) in [6.07, 6.45) is 1.70. The summed E-state index contributed by atoms with van der Waals surface area (Å²) in [7, 11) is 1.87. The number of rotatable bonds is 5. The minimum Gasteiger partial charge on any atom is -0.344 e. The van der Waals surface area contributed by atoms with Crippen LogP contribution in [0.1, 0.15) is 12.0 Å². The average molecular weight is 366 g/mol. The molecule has 112 valence electrons. The van der Waals surface area contributed by atoms with E-state index in [-0.39, 0.29) is 10.6 Å². The molecule has 0 aliphatic carbocycles. The molecule has 1 aromatic heterocycles. The van der Waals surface area contributed by atoms with Gasteiger partial charge >= 0.3 is 0 Å². The van der Waals surface area contributed by atoms with Crippen molar-refractivity contribution in [2.24, 2.45) is 0 Å². The van der Waals surface area contributed by atoms with Gasteiger partial charge in [-0.25, -0.2) is 0 Å². The van der Waals surface area contributed by atoms with Crippen molar-refractivity contribution >= 4 is 52.4 Å². The third-order valence-electron chi connectivity index (χ3n) is 2.87. The first kappa shape index (κ1) is 16.6. The lowest BCUT2D eigenvalue weighted by molar-refractivity contribution is 0.762. The Kier molecular flexibility index (Phi) is 5.88. The number of aromatic nitrogens is 3. The zero-order valence-corrected chi connectivity index (χ0v) is 14.2. The molecule has 0 fully saturated rings. The molecule has 8 heteroatoms. The van der Waals surface area contributed by atoms with Gasteiger partial charge in [-0.15, -0.1) is 0 Å². The Morgan fingerprint density at radius 2 is 1.67 bits per heavy atom. The summed E-state index contributed by atoms with van der Waals surface area (Å²) in [5, 5.41) is 1.47. The van der Waals surface area contributed by atoms with Gasteiger partial charge in [-0.05, 0) is 53.7 Å². The number of halogens is 4. The molecule has 0 aliphatic heterocycles. The summed E-state index contributed by atoms with van der Waals surface area (Å²) in [5.41, 5.74) is 1.06. The predicted molar refractivity (Wildman–Crippen MR) is 87.9 cm³/mol. The van der Waals surface area contributed by atoms with Gasteiger partial charge in [-0.2, -0.15) is 15.0 Å². The van der Waals surface area contributed by atoms with Gasteiger partial charge < -0.3 is 4.90 Å². The van der Waals surface area contributed by atoms with E-state index in [0.29, 0.717) is 16.0 Å². The molecule has 0 amide bonds. The Morgan fingerprint density at radius 3 is 2.29 bits per heavy atom. The standard InChI is InChI=1S/C13H12Cl4N4/c1-21(13-19-11(16)18-12(17)20-13)6-2-3-8-4-5-9(14)7-10(8)15/h4-5,7H,2-3,6H2,1H3. The van der Waals surface area contributed by atoms with Gasteiger partial charge in [0.25, 0.3) is 0 Å². The number of nitrogens with zero attached hydrogens (tertiary/aromatic N) is 4. The zero-order valence-electron chi connectivity index (χ0n) is 11.2. The average Bonchev–Trinajstić information content (AvgIpc) is 2.40. The molecular formula is C13H12Cl4N4. The molecule has 0 radical (unpaired) electrons. The summed E-state index contributed by atoms with van der Waals surface area (Å²) in [6, 6.07) is 5.51. The fraction of sp³-hybridized carbons (Fsp3) is 0.308. The Morgan fingerprint density at radius 1 is 1.00 bits per heavy atom. The molecular weight excluding hydrogens is 354 g/mol. The third-order valence-corrected chi connectivity index (χ3v) is 3.79. The van der Waals surface area contributed by atoms with Gasteiger partial charge in [0.2, 0.25) is 16.5 Å². The van der Waals surface area contributed by atoms with Crippen molar-refractivity contribution in [3.05, 3.63) is 44.4 Å². The van der Waals surface area contributed by atoms with Crippen LogP contribution in [0.4, 0.5) is 5.95 Å². The molecule has 1 heterocycles. The van der Waals surface area contributed by atoms with E-state index in [1.165, 1.54) is 0 Å². The Bertz CT molecular complexity index is 615. The fourth-order valence-electron chi connectivity index (χ4n) is 1.82. The van der Waals surface area contributed by atoms with E-state index < -0.39 is 0 Å². The maximum Gasteiger partial charge on any atom is 0.230 e. The molecule has 0 N–H and O–H groups in total.